The molecular formula is C10H9N5O2. The normalized spacial score (nSPS) is 8.71. The quantitative estimate of drug-likeness (QED) is 0.125. The Hall–Kier alpha value is -2.71. The van der Waals surface area contributed by atoms with Crippen LogP contribution in [0.5, 0.6) is 0 Å². The third kappa shape index (κ3) is 3.74. The molecule has 0 bridgehead atoms. The van der Waals surface area contributed by atoms with Gasteiger partial charge in [0.25, 0.3) is 5.69 Å². The van der Waals surface area contributed by atoms with Gasteiger partial charge in [-0.25, -0.2) is 0 Å². The lowest BCUT2D eigenvalue weighted by molar-refractivity contribution is -0.384. The van der Waals surface area contributed by atoms with Crippen LogP contribution in [0.4, 0.5) is 11.4 Å². The largest absolute Gasteiger partial charge is 0.398 e. The summed E-state index contributed by atoms with van der Waals surface area (Å²) in [6.07, 6.45) is 0.381. The number of nitrogens with two attached hydrogens (primary N) is 1. The van der Waals surface area contributed by atoms with Gasteiger partial charge < -0.3 is 5.73 Å². The number of nitrogens with zero attached hydrogens (tertiary/aromatic N) is 4. The van der Waals surface area contributed by atoms with Gasteiger partial charge >= 0.3 is 0 Å². The van der Waals surface area contributed by atoms with Crippen LogP contribution in [-0.4, -0.2) is 11.5 Å². The first-order valence-electron chi connectivity index (χ1n) is 4.69. The summed E-state index contributed by atoms with van der Waals surface area (Å²) in [6.45, 7) is 0.262. The van der Waals surface area contributed by atoms with Crippen LogP contribution >= 0.6 is 0 Å². The van der Waals surface area contributed by atoms with Gasteiger partial charge in [0.15, 0.2) is 0 Å². The average Bonchev–Trinajstić information content (AvgIpc) is 2.30. The zero-order valence-corrected chi connectivity index (χ0v) is 8.83. The van der Waals surface area contributed by atoms with Gasteiger partial charge in [-0.2, -0.15) is 0 Å². The summed E-state index contributed by atoms with van der Waals surface area (Å²) in [5.41, 5.74) is 14.4. The Morgan fingerprint density at radius 1 is 1.59 bits per heavy atom. The fourth-order valence-electron chi connectivity index (χ4n) is 1.07. The van der Waals surface area contributed by atoms with E-state index in [1.54, 1.807) is 0 Å². The Balaban J connectivity index is 2.85. The van der Waals surface area contributed by atoms with E-state index in [1.165, 1.54) is 18.2 Å². The van der Waals surface area contributed by atoms with Crippen molar-refractivity contribution in [2.75, 3.05) is 12.3 Å². The first kappa shape index (κ1) is 12.4. The van der Waals surface area contributed by atoms with Crippen molar-refractivity contribution in [3.05, 3.63) is 44.3 Å². The summed E-state index contributed by atoms with van der Waals surface area (Å²) >= 11 is 0. The summed E-state index contributed by atoms with van der Waals surface area (Å²) in [5.74, 6) is 5.43. The molecule has 0 unspecified atom stereocenters. The Bertz CT molecular complexity index is 537. The summed E-state index contributed by atoms with van der Waals surface area (Å²) in [6, 6.07) is 4.08. The highest BCUT2D eigenvalue weighted by atomic mass is 16.6. The molecule has 7 nitrogen and oxygen atoms in total. The number of nitrogen functional groups attached to an aromatic ring is 1. The first-order chi connectivity index (χ1) is 8.15. The molecule has 0 amide bonds. The SMILES string of the molecule is [N-]=[N+]=NCCC#Cc1cc([N+](=O)[O-])ccc1N. The van der Waals surface area contributed by atoms with E-state index in [0.717, 1.165) is 0 Å². The number of rotatable bonds is 3. The van der Waals surface area contributed by atoms with E-state index in [-0.39, 0.29) is 12.2 Å². The molecular weight excluding hydrogens is 222 g/mol. The molecule has 0 atom stereocenters. The fraction of sp³-hybridized carbons (Fsp3) is 0.200. The molecule has 0 saturated carbocycles. The number of non-ortho nitro benzene ring substituents is 1. The summed E-state index contributed by atoms with van der Waals surface area (Å²) in [7, 11) is 0. The highest BCUT2D eigenvalue weighted by Gasteiger charge is 2.06. The van der Waals surface area contributed by atoms with E-state index in [4.69, 9.17) is 11.3 Å². The van der Waals surface area contributed by atoms with Gasteiger partial charge in [0, 0.05) is 35.7 Å². The zero-order valence-electron chi connectivity index (χ0n) is 8.83. The molecule has 86 valence electrons. The van der Waals surface area contributed by atoms with E-state index in [9.17, 15) is 10.1 Å². The molecule has 0 radical (unpaired) electrons. The van der Waals surface area contributed by atoms with E-state index >= 15 is 0 Å². The molecule has 0 aliphatic carbocycles. The second-order valence-electron chi connectivity index (χ2n) is 3.03. The lowest BCUT2D eigenvalue weighted by Crippen LogP contribution is -1.93. The second kappa shape index (κ2) is 6.00. The highest BCUT2D eigenvalue weighted by Crippen LogP contribution is 2.18. The predicted molar refractivity (Wildman–Crippen MR) is 63.0 cm³/mol. The van der Waals surface area contributed by atoms with Gasteiger partial charge in [-0.1, -0.05) is 17.0 Å². The summed E-state index contributed by atoms with van der Waals surface area (Å²) in [4.78, 5) is 12.6. The smallest absolute Gasteiger partial charge is 0.270 e. The van der Waals surface area contributed by atoms with Gasteiger partial charge in [0.1, 0.15) is 0 Å². The zero-order chi connectivity index (χ0) is 12.7. The van der Waals surface area contributed by atoms with E-state index in [1.807, 2.05) is 0 Å². The number of nitro benzene ring substituents is 1. The topological polar surface area (TPSA) is 118 Å². The number of azide groups is 1. The molecule has 0 aliphatic heterocycles. The first-order valence-corrected chi connectivity index (χ1v) is 4.69. The van der Waals surface area contributed by atoms with E-state index in [2.05, 4.69) is 21.9 Å². The minimum Gasteiger partial charge on any atom is -0.398 e. The van der Waals surface area contributed by atoms with Crippen LogP contribution in [0.15, 0.2) is 23.3 Å². The van der Waals surface area contributed by atoms with Crippen LogP contribution in [0.25, 0.3) is 10.4 Å². The van der Waals surface area contributed by atoms with Crippen molar-refractivity contribution < 1.29 is 4.92 Å². The van der Waals surface area contributed by atoms with E-state index in [0.29, 0.717) is 17.7 Å². The molecule has 0 fully saturated rings. The minimum atomic E-state index is -0.509. The molecule has 0 aromatic heterocycles. The molecule has 1 rings (SSSR count). The lowest BCUT2D eigenvalue weighted by Gasteiger charge is -1.97. The van der Waals surface area contributed by atoms with Crippen LogP contribution in [0.3, 0.4) is 0 Å². The van der Waals surface area contributed by atoms with Crippen molar-refractivity contribution in [1.29, 1.82) is 0 Å². The van der Waals surface area contributed by atoms with Crippen molar-refractivity contribution in [3.63, 3.8) is 0 Å². The van der Waals surface area contributed by atoms with Crippen LogP contribution in [0.2, 0.25) is 0 Å². The molecule has 2 N–H and O–H groups in total. The van der Waals surface area contributed by atoms with Gasteiger partial charge in [0.05, 0.1) is 10.5 Å². The number of anilines is 1. The fourth-order valence-corrected chi connectivity index (χ4v) is 1.07. The van der Waals surface area contributed by atoms with Crippen LogP contribution < -0.4 is 5.73 Å². The standard InChI is InChI=1S/C10H9N5O2/c11-10-5-4-9(15(16)17)7-8(10)3-1-2-6-13-14-12/h4-5,7H,2,6,11H2. The van der Waals surface area contributed by atoms with Gasteiger partial charge in [-0.15, -0.1) is 0 Å². The van der Waals surface area contributed by atoms with Gasteiger partial charge in [-0.05, 0) is 11.6 Å². The number of nitro groups is 1. The monoisotopic (exact) mass is 231 g/mol. The van der Waals surface area contributed by atoms with Crippen molar-refractivity contribution in [2.24, 2.45) is 5.11 Å². The van der Waals surface area contributed by atoms with Crippen LogP contribution in [-0.2, 0) is 0 Å². The highest BCUT2D eigenvalue weighted by molar-refractivity contribution is 5.59. The molecule has 1 aromatic rings. The predicted octanol–water partition coefficient (Wildman–Crippen LogP) is 2.23. The molecule has 0 heterocycles. The van der Waals surface area contributed by atoms with Crippen molar-refractivity contribution in [1.82, 2.24) is 0 Å². The second-order valence-corrected chi connectivity index (χ2v) is 3.03. The van der Waals surface area contributed by atoms with Crippen molar-refractivity contribution in [3.8, 4) is 11.8 Å². The van der Waals surface area contributed by atoms with Crippen LogP contribution in [0.1, 0.15) is 12.0 Å². The van der Waals surface area contributed by atoms with Gasteiger partial charge in [-0.3, -0.25) is 10.1 Å². The number of hydrogen-bond donors (Lipinski definition) is 1. The van der Waals surface area contributed by atoms with Crippen molar-refractivity contribution >= 4 is 11.4 Å². The maximum absolute atomic E-state index is 10.5. The molecule has 0 aliphatic rings. The lowest BCUT2D eigenvalue weighted by atomic mass is 10.1. The third-order valence-corrected chi connectivity index (χ3v) is 1.87. The maximum atomic E-state index is 10.5. The molecule has 1 aromatic carbocycles. The van der Waals surface area contributed by atoms with E-state index < -0.39 is 4.92 Å². The Kier molecular flexibility index (Phi) is 4.36. The van der Waals surface area contributed by atoms with Crippen molar-refractivity contribution in [2.45, 2.75) is 6.42 Å². The van der Waals surface area contributed by atoms with Gasteiger partial charge in [0.2, 0.25) is 0 Å². The Morgan fingerprint density at radius 2 is 2.35 bits per heavy atom. The molecule has 0 spiro atoms. The number of hydrogen-bond acceptors (Lipinski definition) is 4. The number of benzene rings is 1. The maximum Gasteiger partial charge on any atom is 0.270 e. The third-order valence-electron chi connectivity index (χ3n) is 1.87. The molecule has 7 heteroatoms. The summed E-state index contributed by atoms with van der Waals surface area (Å²) in [5, 5.41) is 13.9. The summed E-state index contributed by atoms with van der Waals surface area (Å²) < 4.78 is 0. The average molecular weight is 231 g/mol. The Morgan fingerprint density at radius 3 is 3.00 bits per heavy atom. The minimum absolute atomic E-state index is 0.0569. The Labute approximate surface area is 97.0 Å². The van der Waals surface area contributed by atoms with Crippen LogP contribution in [0, 0.1) is 22.0 Å². The molecule has 17 heavy (non-hydrogen) atoms. The molecule has 0 saturated heterocycles.